The van der Waals surface area contributed by atoms with E-state index in [1.54, 1.807) is 30.9 Å². The summed E-state index contributed by atoms with van der Waals surface area (Å²) in [6.07, 6.45) is 4.05. The number of aliphatic imine (C=N–C) groups is 1. The minimum atomic E-state index is -3.16. The van der Waals surface area contributed by atoms with Crippen LogP contribution in [0.1, 0.15) is 16.4 Å². The topological polar surface area (TPSA) is 70.6 Å². The van der Waals surface area contributed by atoms with Crippen molar-refractivity contribution in [2.24, 2.45) is 4.99 Å². The molecule has 2 aromatic carbocycles. The molecule has 0 heterocycles. The van der Waals surface area contributed by atoms with Gasteiger partial charge >= 0.3 is 0 Å². The molecule has 5 nitrogen and oxygen atoms in total. The van der Waals surface area contributed by atoms with Crippen LogP contribution in [0, 0.1) is 0 Å². The minimum Gasteiger partial charge on any atom is -0.356 e. The Balaban J connectivity index is 0.00000420. The zero-order valence-electron chi connectivity index (χ0n) is 16.7. The molecule has 0 fully saturated rings. The lowest BCUT2D eigenvalue weighted by molar-refractivity contribution is 0.602. The molecule has 0 aliphatic rings. The lowest BCUT2D eigenvalue weighted by atomic mass is 10.1. The predicted molar refractivity (Wildman–Crippen MR) is 136 cm³/mol. The highest BCUT2D eigenvalue weighted by Gasteiger charge is 2.11. The molecule has 2 N–H and O–H groups in total. The smallest absolute Gasteiger partial charge is 0.191 e. The van der Waals surface area contributed by atoms with Crippen LogP contribution in [-0.2, 0) is 16.3 Å². The van der Waals surface area contributed by atoms with Gasteiger partial charge in [-0.2, -0.15) is 11.8 Å². The summed E-state index contributed by atoms with van der Waals surface area (Å²) >= 11 is 7.85. The maximum atomic E-state index is 11.5. The lowest BCUT2D eigenvalue weighted by Crippen LogP contribution is -2.39. The standard InChI is InChI=1S/C20H26ClN3O2S2.HI/c1-22-20(24-14-19(27-2)16-5-4-6-17(21)13-16)23-12-11-15-7-9-18(10-8-15)28(3,25)26;/h4-10,13,19H,11-12,14H2,1-3H3,(H2,22,23,24);1H. The molecule has 0 aliphatic carbocycles. The van der Waals surface area contributed by atoms with Gasteiger partial charge in [0.05, 0.1) is 4.90 Å². The van der Waals surface area contributed by atoms with Gasteiger partial charge in [0.2, 0.25) is 0 Å². The Morgan fingerprint density at radius 2 is 1.86 bits per heavy atom. The number of nitrogens with one attached hydrogen (secondary N) is 2. The zero-order valence-corrected chi connectivity index (χ0v) is 21.4. The van der Waals surface area contributed by atoms with Gasteiger partial charge in [-0.25, -0.2) is 8.42 Å². The van der Waals surface area contributed by atoms with Gasteiger partial charge < -0.3 is 10.6 Å². The Bertz CT molecular complexity index is 906. The van der Waals surface area contributed by atoms with Crippen LogP contribution in [0.4, 0.5) is 0 Å². The SMILES string of the molecule is CN=C(NCCc1ccc(S(C)(=O)=O)cc1)NCC(SC)c1cccc(Cl)c1.I. The van der Waals surface area contributed by atoms with Crippen molar-refractivity contribution in [2.75, 3.05) is 32.6 Å². The van der Waals surface area contributed by atoms with Crippen molar-refractivity contribution >= 4 is 63.1 Å². The number of hydrogen-bond acceptors (Lipinski definition) is 4. The molecule has 0 aliphatic heterocycles. The van der Waals surface area contributed by atoms with Gasteiger partial charge in [-0.1, -0.05) is 35.9 Å². The molecule has 2 rings (SSSR count). The Morgan fingerprint density at radius 3 is 2.41 bits per heavy atom. The van der Waals surface area contributed by atoms with Crippen molar-refractivity contribution in [1.82, 2.24) is 10.6 Å². The molecule has 160 valence electrons. The van der Waals surface area contributed by atoms with E-state index in [1.165, 1.54) is 11.8 Å². The second kappa shape index (κ2) is 12.7. The van der Waals surface area contributed by atoms with Crippen LogP contribution in [0.15, 0.2) is 58.4 Å². The first-order valence-corrected chi connectivity index (χ1v) is 12.4. The van der Waals surface area contributed by atoms with Gasteiger partial charge in [-0.3, -0.25) is 4.99 Å². The van der Waals surface area contributed by atoms with Crippen molar-refractivity contribution in [3.05, 3.63) is 64.7 Å². The van der Waals surface area contributed by atoms with Gasteiger partial charge in [0.15, 0.2) is 15.8 Å². The van der Waals surface area contributed by atoms with Gasteiger partial charge in [-0.15, -0.1) is 24.0 Å². The van der Waals surface area contributed by atoms with E-state index in [-0.39, 0.29) is 29.2 Å². The predicted octanol–water partition coefficient (Wildman–Crippen LogP) is 4.17. The van der Waals surface area contributed by atoms with Gasteiger partial charge in [0.1, 0.15) is 0 Å². The third-order valence-electron chi connectivity index (χ3n) is 4.24. The number of halogens is 2. The molecule has 0 aromatic heterocycles. The molecule has 0 amide bonds. The first-order chi connectivity index (χ1) is 13.3. The molecule has 0 saturated carbocycles. The Hall–Kier alpha value is -0.970. The first-order valence-electron chi connectivity index (χ1n) is 8.85. The molecule has 1 atom stereocenters. The van der Waals surface area contributed by atoms with E-state index in [9.17, 15) is 8.42 Å². The summed E-state index contributed by atoms with van der Waals surface area (Å²) in [6.45, 7) is 1.42. The second-order valence-electron chi connectivity index (χ2n) is 6.33. The number of hydrogen-bond donors (Lipinski definition) is 2. The monoisotopic (exact) mass is 567 g/mol. The van der Waals surface area contributed by atoms with E-state index in [4.69, 9.17) is 11.6 Å². The van der Waals surface area contributed by atoms with Crippen molar-refractivity contribution in [1.29, 1.82) is 0 Å². The Morgan fingerprint density at radius 1 is 1.17 bits per heavy atom. The molecule has 1 unspecified atom stereocenters. The maximum absolute atomic E-state index is 11.5. The van der Waals surface area contributed by atoms with Crippen molar-refractivity contribution in [2.45, 2.75) is 16.6 Å². The Kier molecular flexibility index (Phi) is 11.4. The quantitative estimate of drug-likeness (QED) is 0.285. The fraction of sp³-hybridized carbons (Fsp3) is 0.350. The van der Waals surface area contributed by atoms with E-state index < -0.39 is 9.84 Å². The maximum Gasteiger partial charge on any atom is 0.191 e. The zero-order chi connectivity index (χ0) is 20.6. The number of nitrogens with zero attached hydrogens (tertiary/aromatic N) is 1. The fourth-order valence-electron chi connectivity index (χ4n) is 2.68. The van der Waals surface area contributed by atoms with E-state index in [0.29, 0.717) is 11.4 Å². The van der Waals surface area contributed by atoms with Gasteiger partial charge in [-0.05, 0) is 48.1 Å². The highest BCUT2D eigenvalue weighted by Crippen LogP contribution is 2.27. The minimum absolute atomic E-state index is 0. The number of benzene rings is 2. The molecular weight excluding hydrogens is 541 g/mol. The molecular formula is C20H27ClIN3O2S2. The van der Waals surface area contributed by atoms with Crippen LogP contribution in [0.25, 0.3) is 0 Å². The summed E-state index contributed by atoms with van der Waals surface area (Å²) < 4.78 is 23.0. The summed E-state index contributed by atoms with van der Waals surface area (Å²) in [5.41, 5.74) is 2.24. The molecule has 29 heavy (non-hydrogen) atoms. The average molecular weight is 568 g/mol. The third-order valence-corrected chi connectivity index (χ3v) is 6.61. The number of sulfone groups is 1. The van der Waals surface area contributed by atoms with Crippen LogP contribution < -0.4 is 10.6 Å². The van der Waals surface area contributed by atoms with Crippen LogP contribution >= 0.6 is 47.3 Å². The van der Waals surface area contributed by atoms with Crippen LogP contribution in [-0.4, -0.2) is 47.0 Å². The van der Waals surface area contributed by atoms with Crippen LogP contribution in [0.2, 0.25) is 5.02 Å². The largest absolute Gasteiger partial charge is 0.356 e. The number of thioether (sulfide) groups is 1. The second-order valence-corrected chi connectivity index (χ2v) is 9.82. The van der Waals surface area contributed by atoms with Crippen LogP contribution in [0.5, 0.6) is 0 Å². The highest BCUT2D eigenvalue weighted by molar-refractivity contribution is 14.0. The van der Waals surface area contributed by atoms with E-state index >= 15 is 0 Å². The normalized spacial score (nSPS) is 12.8. The number of rotatable bonds is 8. The lowest BCUT2D eigenvalue weighted by Gasteiger charge is -2.18. The first kappa shape index (κ1) is 26.1. The molecule has 0 bridgehead atoms. The molecule has 2 aromatic rings. The third kappa shape index (κ3) is 8.74. The summed E-state index contributed by atoms with van der Waals surface area (Å²) in [5.74, 6) is 0.730. The fourth-order valence-corrected chi connectivity index (χ4v) is 4.18. The van der Waals surface area contributed by atoms with Crippen molar-refractivity contribution in [3.8, 4) is 0 Å². The summed E-state index contributed by atoms with van der Waals surface area (Å²) in [7, 11) is -1.42. The van der Waals surface area contributed by atoms with E-state index in [1.807, 2.05) is 30.3 Å². The van der Waals surface area contributed by atoms with E-state index in [0.717, 1.165) is 29.5 Å². The van der Waals surface area contributed by atoms with Crippen molar-refractivity contribution in [3.63, 3.8) is 0 Å². The Labute approximate surface area is 200 Å². The summed E-state index contributed by atoms with van der Waals surface area (Å²) in [6, 6.07) is 14.9. The van der Waals surface area contributed by atoms with Gasteiger partial charge in [0.25, 0.3) is 0 Å². The van der Waals surface area contributed by atoms with Gasteiger partial charge in [0, 0.05) is 36.7 Å². The molecule has 0 spiro atoms. The highest BCUT2D eigenvalue weighted by atomic mass is 127. The molecule has 0 saturated heterocycles. The number of guanidine groups is 1. The average Bonchev–Trinajstić information content (AvgIpc) is 2.67. The molecule has 0 radical (unpaired) electrons. The summed E-state index contributed by atoms with van der Waals surface area (Å²) in [4.78, 5) is 4.60. The summed E-state index contributed by atoms with van der Waals surface area (Å²) in [5, 5.41) is 7.64. The van der Waals surface area contributed by atoms with Crippen LogP contribution in [0.3, 0.4) is 0 Å². The van der Waals surface area contributed by atoms with Crippen molar-refractivity contribution < 1.29 is 8.42 Å². The van der Waals surface area contributed by atoms with E-state index in [2.05, 4.69) is 27.9 Å². The molecule has 9 heteroatoms.